The first kappa shape index (κ1) is 19.3. The van der Waals surface area contributed by atoms with Gasteiger partial charge in [-0.1, -0.05) is 40.9 Å². The van der Waals surface area contributed by atoms with Gasteiger partial charge in [0, 0.05) is 33.1 Å². The van der Waals surface area contributed by atoms with Gasteiger partial charge >= 0.3 is 0 Å². The minimum atomic E-state index is -0.157. The van der Waals surface area contributed by atoms with Crippen molar-refractivity contribution in [2.45, 2.75) is 5.75 Å². The van der Waals surface area contributed by atoms with Gasteiger partial charge in [0.25, 0.3) is 5.91 Å². The number of carbonyl (C=O) groups is 1. The predicted molar refractivity (Wildman–Crippen MR) is 103 cm³/mol. The molecule has 0 atom stereocenters. The van der Waals surface area contributed by atoms with Gasteiger partial charge in [-0.05, 0) is 42.0 Å². The number of thioether (sulfide) groups is 1. The largest absolute Gasteiger partial charge is 0.484 e. The number of halogens is 3. The van der Waals surface area contributed by atoms with Crippen LogP contribution in [-0.2, 0) is 10.5 Å². The molecule has 2 aromatic carbocycles. The fourth-order valence-electron chi connectivity index (χ4n) is 1.81. The Balaban J connectivity index is 1.60. The molecule has 0 aliphatic heterocycles. The van der Waals surface area contributed by atoms with Gasteiger partial charge in [0.1, 0.15) is 5.75 Å². The molecule has 1 N–H and O–H groups in total. The van der Waals surface area contributed by atoms with Crippen LogP contribution in [0.25, 0.3) is 0 Å². The Bertz CT molecular complexity index is 680. The van der Waals surface area contributed by atoms with Crippen molar-refractivity contribution in [3.05, 3.63) is 63.1 Å². The molecule has 2 rings (SSSR count). The van der Waals surface area contributed by atoms with Crippen molar-refractivity contribution in [3.8, 4) is 5.75 Å². The molecule has 1 amide bonds. The summed E-state index contributed by atoms with van der Waals surface area (Å²) in [6, 6.07) is 12.3. The molecule has 128 valence electrons. The summed E-state index contributed by atoms with van der Waals surface area (Å²) in [7, 11) is 0. The number of ether oxygens (including phenoxy) is 1. The van der Waals surface area contributed by atoms with E-state index in [9.17, 15) is 4.79 Å². The van der Waals surface area contributed by atoms with Crippen molar-refractivity contribution in [1.82, 2.24) is 5.32 Å². The second-order valence-electron chi connectivity index (χ2n) is 4.88. The molecule has 3 nitrogen and oxygen atoms in total. The first-order chi connectivity index (χ1) is 11.5. The molecule has 0 spiro atoms. The van der Waals surface area contributed by atoms with Gasteiger partial charge in [-0.25, -0.2) is 0 Å². The lowest BCUT2D eigenvalue weighted by atomic mass is 10.2. The van der Waals surface area contributed by atoms with E-state index in [0.717, 1.165) is 17.1 Å². The summed E-state index contributed by atoms with van der Waals surface area (Å²) in [5.41, 5.74) is 1.03. The predicted octanol–water partition coefficient (Wildman–Crippen LogP) is 5.08. The molecular formula is C17H16Cl3NO2S. The molecule has 0 saturated carbocycles. The van der Waals surface area contributed by atoms with E-state index >= 15 is 0 Å². The number of hydrogen-bond acceptors (Lipinski definition) is 3. The van der Waals surface area contributed by atoms with E-state index in [0.29, 0.717) is 27.4 Å². The van der Waals surface area contributed by atoms with E-state index in [4.69, 9.17) is 39.5 Å². The Morgan fingerprint density at radius 2 is 1.75 bits per heavy atom. The fourth-order valence-corrected chi connectivity index (χ4v) is 3.36. The molecule has 0 unspecified atom stereocenters. The Morgan fingerprint density at radius 3 is 2.46 bits per heavy atom. The average molecular weight is 405 g/mol. The first-order valence-electron chi connectivity index (χ1n) is 7.21. The summed E-state index contributed by atoms with van der Waals surface area (Å²) in [4.78, 5) is 11.7. The molecule has 7 heteroatoms. The van der Waals surface area contributed by atoms with Gasteiger partial charge in [0.15, 0.2) is 6.61 Å². The molecular weight excluding hydrogens is 389 g/mol. The molecule has 0 radical (unpaired) electrons. The Morgan fingerprint density at radius 1 is 1.04 bits per heavy atom. The highest BCUT2D eigenvalue weighted by Gasteiger charge is 2.04. The second-order valence-corrected chi connectivity index (χ2v) is 7.27. The summed E-state index contributed by atoms with van der Waals surface area (Å²) in [6.07, 6.45) is 0. The van der Waals surface area contributed by atoms with Crippen molar-refractivity contribution in [2.75, 3.05) is 18.9 Å². The lowest BCUT2D eigenvalue weighted by Gasteiger charge is -2.08. The Hall–Kier alpha value is -1.07. The number of benzene rings is 2. The van der Waals surface area contributed by atoms with Gasteiger partial charge in [0.05, 0.1) is 0 Å². The van der Waals surface area contributed by atoms with E-state index in [1.165, 1.54) is 0 Å². The zero-order valence-corrected chi connectivity index (χ0v) is 15.8. The molecule has 0 fully saturated rings. The topological polar surface area (TPSA) is 38.3 Å². The summed E-state index contributed by atoms with van der Waals surface area (Å²) in [5, 5.41) is 4.73. The lowest BCUT2D eigenvalue weighted by Crippen LogP contribution is -2.30. The molecule has 2 aromatic rings. The van der Waals surface area contributed by atoms with Gasteiger partial charge in [-0.3, -0.25) is 4.79 Å². The zero-order chi connectivity index (χ0) is 17.4. The number of carbonyl (C=O) groups excluding carboxylic acids is 1. The van der Waals surface area contributed by atoms with Crippen molar-refractivity contribution in [1.29, 1.82) is 0 Å². The summed E-state index contributed by atoms with van der Waals surface area (Å²) in [5.74, 6) is 2.01. The van der Waals surface area contributed by atoms with Crippen LogP contribution in [0.2, 0.25) is 15.1 Å². The second kappa shape index (κ2) is 10.0. The minimum Gasteiger partial charge on any atom is -0.484 e. The maximum atomic E-state index is 11.7. The molecule has 24 heavy (non-hydrogen) atoms. The van der Waals surface area contributed by atoms with Crippen LogP contribution < -0.4 is 10.1 Å². The Labute approximate surface area is 160 Å². The summed E-state index contributed by atoms with van der Waals surface area (Å²) < 4.78 is 5.37. The van der Waals surface area contributed by atoms with Crippen molar-refractivity contribution in [2.24, 2.45) is 0 Å². The Kier molecular flexibility index (Phi) is 8.06. The third kappa shape index (κ3) is 6.81. The van der Waals surface area contributed by atoms with E-state index in [1.54, 1.807) is 42.1 Å². The van der Waals surface area contributed by atoms with Crippen LogP contribution in [-0.4, -0.2) is 24.8 Å². The van der Waals surface area contributed by atoms with Gasteiger partial charge in [-0.2, -0.15) is 11.8 Å². The van der Waals surface area contributed by atoms with Crippen molar-refractivity contribution in [3.63, 3.8) is 0 Å². The zero-order valence-electron chi connectivity index (χ0n) is 12.7. The van der Waals surface area contributed by atoms with Crippen molar-refractivity contribution >= 4 is 52.5 Å². The van der Waals surface area contributed by atoms with Crippen LogP contribution in [0.15, 0.2) is 42.5 Å². The van der Waals surface area contributed by atoms with Crippen LogP contribution in [0.1, 0.15) is 5.56 Å². The minimum absolute atomic E-state index is 0.0185. The van der Waals surface area contributed by atoms with Gasteiger partial charge in [-0.15, -0.1) is 0 Å². The van der Waals surface area contributed by atoms with E-state index < -0.39 is 0 Å². The standard InChI is InChI=1S/C17H16Cl3NO2S/c18-13-3-5-15(6-4-13)23-10-17(22)21-7-8-24-11-12-1-2-14(19)9-16(12)20/h1-6,9H,7-8,10-11H2,(H,21,22). The number of amides is 1. The van der Waals surface area contributed by atoms with Crippen LogP contribution in [0.5, 0.6) is 5.75 Å². The van der Waals surface area contributed by atoms with Crippen LogP contribution in [0.3, 0.4) is 0 Å². The van der Waals surface area contributed by atoms with Gasteiger partial charge < -0.3 is 10.1 Å². The van der Waals surface area contributed by atoms with E-state index in [2.05, 4.69) is 5.32 Å². The quantitative estimate of drug-likeness (QED) is 0.624. The molecule has 0 aliphatic carbocycles. The third-order valence-corrected chi connectivity index (χ3v) is 4.87. The lowest BCUT2D eigenvalue weighted by molar-refractivity contribution is -0.122. The highest BCUT2D eigenvalue weighted by Crippen LogP contribution is 2.24. The summed E-state index contributed by atoms with van der Waals surface area (Å²) >= 11 is 19.4. The SMILES string of the molecule is O=C(COc1ccc(Cl)cc1)NCCSCc1ccc(Cl)cc1Cl. The van der Waals surface area contributed by atoms with Crippen LogP contribution >= 0.6 is 46.6 Å². The monoisotopic (exact) mass is 403 g/mol. The highest BCUT2D eigenvalue weighted by molar-refractivity contribution is 7.98. The van der Waals surface area contributed by atoms with Crippen LogP contribution in [0, 0.1) is 0 Å². The van der Waals surface area contributed by atoms with Crippen molar-refractivity contribution < 1.29 is 9.53 Å². The third-order valence-electron chi connectivity index (χ3n) is 3.02. The van der Waals surface area contributed by atoms with Crippen LogP contribution in [0.4, 0.5) is 0 Å². The molecule has 0 aromatic heterocycles. The maximum absolute atomic E-state index is 11.7. The van der Waals surface area contributed by atoms with E-state index in [1.807, 2.05) is 12.1 Å². The number of nitrogens with one attached hydrogen (secondary N) is 1. The first-order valence-corrected chi connectivity index (χ1v) is 9.50. The highest BCUT2D eigenvalue weighted by atomic mass is 35.5. The fraction of sp³-hybridized carbons (Fsp3) is 0.235. The average Bonchev–Trinajstić information content (AvgIpc) is 2.56. The number of rotatable bonds is 8. The normalized spacial score (nSPS) is 10.5. The maximum Gasteiger partial charge on any atom is 0.257 e. The smallest absolute Gasteiger partial charge is 0.257 e. The van der Waals surface area contributed by atoms with Gasteiger partial charge in [0.2, 0.25) is 0 Å². The molecule has 0 aliphatic rings. The summed E-state index contributed by atoms with van der Waals surface area (Å²) in [6.45, 7) is 0.550. The van der Waals surface area contributed by atoms with E-state index in [-0.39, 0.29) is 12.5 Å². The molecule has 0 saturated heterocycles. The molecule has 0 bridgehead atoms. The molecule has 0 heterocycles. The number of hydrogen-bond donors (Lipinski definition) is 1.